The third-order valence-electron chi connectivity index (χ3n) is 6.94. The number of halogens is 1. The van der Waals surface area contributed by atoms with Crippen LogP contribution in [0.15, 0.2) is 70.5 Å². The monoisotopic (exact) mass is 609 g/mol. The molecule has 208 valence electrons. The molecule has 1 aromatic heterocycles. The van der Waals surface area contributed by atoms with Gasteiger partial charge in [0.2, 0.25) is 11.8 Å². The maximum atomic E-state index is 13.5. The van der Waals surface area contributed by atoms with Gasteiger partial charge in [0.25, 0.3) is 5.91 Å². The van der Waals surface area contributed by atoms with E-state index in [0.717, 1.165) is 38.8 Å². The van der Waals surface area contributed by atoms with Crippen LogP contribution in [-0.4, -0.2) is 57.1 Å². The number of aliphatic carboxylic acids is 1. The van der Waals surface area contributed by atoms with Crippen LogP contribution in [0.2, 0.25) is 5.02 Å². The Morgan fingerprint density at radius 3 is 2.63 bits per heavy atom. The number of ether oxygens (including phenoxy) is 1. The Balaban J connectivity index is 1.33. The van der Waals surface area contributed by atoms with Gasteiger partial charge in [-0.2, -0.15) is 0 Å². The van der Waals surface area contributed by atoms with Gasteiger partial charge in [0.1, 0.15) is 17.5 Å². The molecule has 10 nitrogen and oxygen atoms in total. The average Bonchev–Trinajstić information content (AvgIpc) is 3.43. The number of aromatic amines is 1. The third kappa shape index (κ3) is 4.98. The molecule has 0 radical (unpaired) electrons. The number of hydrogen-bond donors (Lipinski definition) is 3. The van der Waals surface area contributed by atoms with Gasteiger partial charge in [-0.15, -0.1) is 0 Å². The molecule has 2 aliphatic heterocycles. The summed E-state index contributed by atoms with van der Waals surface area (Å²) >= 11 is 8.28. The minimum absolute atomic E-state index is 0.238. The standard InChI is InChI=1S/C28H20ClN3O7S2/c29-14-8-9-18(39-12-19(33)30-17-7-3-5-13-4-1-2-6-15(13)17)16(10-14)21-22-24(40-25-23(21)41-28(38)31-25)27(37)32(26(22)36)11-20(34)35/h1-10,21-22,24H,11-12H2,(H,30,33)(H,31,38)(H,34,35)/t21-,22+,24-/m0/s1. The van der Waals surface area contributed by atoms with Gasteiger partial charge in [0.15, 0.2) is 6.61 Å². The second-order valence-electron chi connectivity index (χ2n) is 9.45. The summed E-state index contributed by atoms with van der Waals surface area (Å²) in [6, 6.07) is 17.9. The number of carboxylic acid groups (broad SMARTS) is 1. The lowest BCUT2D eigenvalue weighted by Gasteiger charge is -2.31. The summed E-state index contributed by atoms with van der Waals surface area (Å²) in [6.07, 6.45) is 0. The number of imide groups is 1. The van der Waals surface area contributed by atoms with Crippen LogP contribution in [0.3, 0.4) is 0 Å². The minimum Gasteiger partial charge on any atom is -0.483 e. The van der Waals surface area contributed by atoms with Crippen LogP contribution in [-0.2, 0) is 19.2 Å². The summed E-state index contributed by atoms with van der Waals surface area (Å²) in [5, 5.41) is 13.8. The number of carbonyl (C=O) groups excluding carboxylic acids is 3. The van der Waals surface area contributed by atoms with Gasteiger partial charge in [-0.25, -0.2) is 0 Å². The number of rotatable bonds is 7. The summed E-state index contributed by atoms with van der Waals surface area (Å²) in [7, 11) is 0. The lowest BCUT2D eigenvalue weighted by molar-refractivity contribution is -0.149. The Morgan fingerprint density at radius 1 is 1.05 bits per heavy atom. The highest BCUT2D eigenvalue weighted by Crippen LogP contribution is 2.54. The van der Waals surface area contributed by atoms with Crippen molar-refractivity contribution < 1.29 is 29.0 Å². The van der Waals surface area contributed by atoms with Crippen molar-refractivity contribution in [2.45, 2.75) is 16.2 Å². The molecule has 1 fully saturated rings. The van der Waals surface area contributed by atoms with Crippen LogP contribution in [0, 0.1) is 5.92 Å². The van der Waals surface area contributed by atoms with Gasteiger partial charge in [0, 0.05) is 32.5 Å². The number of benzene rings is 3. The molecule has 3 N–H and O–H groups in total. The quantitative estimate of drug-likeness (QED) is 0.267. The van der Waals surface area contributed by atoms with E-state index in [1.54, 1.807) is 24.3 Å². The topological polar surface area (TPSA) is 146 Å². The molecule has 6 rings (SSSR count). The number of aromatic nitrogens is 1. The zero-order valence-electron chi connectivity index (χ0n) is 21.0. The number of H-pyrrole nitrogens is 1. The molecule has 3 atom stereocenters. The number of nitrogens with one attached hydrogen (secondary N) is 2. The van der Waals surface area contributed by atoms with Crippen LogP contribution >= 0.6 is 34.7 Å². The molecule has 2 aliphatic rings. The van der Waals surface area contributed by atoms with Crippen molar-refractivity contribution >= 4 is 74.9 Å². The summed E-state index contributed by atoms with van der Waals surface area (Å²) in [6.45, 7) is -1.14. The minimum atomic E-state index is -1.32. The van der Waals surface area contributed by atoms with Gasteiger partial charge < -0.3 is 20.1 Å². The zero-order chi connectivity index (χ0) is 28.8. The Bertz CT molecular complexity index is 1800. The van der Waals surface area contributed by atoms with Crippen molar-refractivity contribution in [3.63, 3.8) is 0 Å². The van der Waals surface area contributed by atoms with Crippen molar-refractivity contribution in [1.29, 1.82) is 0 Å². The summed E-state index contributed by atoms with van der Waals surface area (Å²) < 4.78 is 5.95. The van der Waals surface area contributed by atoms with Crippen LogP contribution in [0.25, 0.3) is 10.8 Å². The van der Waals surface area contributed by atoms with E-state index in [9.17, 15) is 29.1 Å². The SMILES string of the molecule is O=C(O)CN1C(=O)[C@@H]2[C@H](c3cc(Cl)ccc3OCC(=O)Nc3cccc4ccccc34)c3sc(=O)[nH]c3S[C@@H]2C1=O. The predicted molar refractivity (Wildman–Crippen MR) is 154 cm³/mol. The number of thiazole rings is 1. The molecule has 4 aromatic rings. The highest BCUT2D eigenvalue weighted by Gasteiger charge is 2.56. The molecule has 3 aromatic carbocycles. The Hall–Kier alpha value is -4.13. The summed E-state index contributed by atoms with van der Waals surface area (Å²) in [5.41, 5.74) is 1.02. The first kappa shape index (κ1) is 27.1. The molecule has 1 saturated heterocycles. The van der Waals surface area contributed by atoms with Crippen molar-refractivity contribution in [3.8, 4) is 5.75 Å². The Kier molecular flexibility index (Phi) is 7.06. The number of nitrogens with zero attached hydrogens (tertiary/aromatic N) is 1. The van der Waals surface area contributed by atoms with Crippen LogP contribution in [0.4, 0.5) is 5.69 Å². The number of carboxylic acids is 1. The van der Waals surface area contributed by atoms with Gasteiger partial charge in [-0.1, -0.05) is 71.1 Å². The van der Waals surface area contributed by atoms with Gasteiger partial charge in [-0.3, -0.25) is 28.9 Å². The molecule has 41 heavy (non-hydrogen) atoms. The van der Waals surface area contributed by atoms with Gasteiger partial charge in [0.05, 0.1) is 10.9 Å². The number of likely N-dealkylation sites (tertiary alicyclic amines) is 1. The molecule has 0 bridgehead atoms. The molecule has 13 heteroatoms. The summed E-state index contributed by atoms with van der Waals surface area (Å²) in [5.74, 6) is -4.66. The smallest absolute Gasteiger partial charge is 0.323 e. The van der Waals surface area contributed by atoms with Crippen LogP contribution < -0.4 is 14.9 Å². The lowest BCUT2D eigenvalue weighted by atomic mass is 9.82. The molecule has 0 saturated carbocycles. The maximum Gasteiger partial charge on any atom is 0.323 e. The van der Waals surface area contributed by atoms with Crippen LogP contribution in [0.1, 0.15) is 16.4 Å². The predicted octanol–water partition coefficient (Wildman–Crippen LogP) is 3.94. The van der Waals surface area contributed by atoms with Crippen molar-refractivity contribution in [2.24, 2.45) is 5.92 Å². The molecule has 0 aliphatic carbocycles. The third-order valence-corrected chi connectivity index (χ3v) is 9.57. The molecular weight excluding hydrogens is 590 g/mol. The van der Waals surface area contributed by atoms with Crippen LogP contribution in [0.5, 0.6) is 5.75 Å². The first-order chi connectivity index (χ1) is 19.7. The van der Waals surface area contributed by atoms with E-state index in [0.29, 0.717) is 26.2 Å². The fourth-order valence-electron chi connectivity index (χ4n) is 5.26. The first-order valence-corrected chi connectivity index (χ1v) is 14.4. The van der Waals surface area contributed by atoms with E-state index in [2.05, 4.69) is 10.3 Å². The Morgan fingerprint density at radius 2 is 1.83 bits per heavy atom. The van der Waals surface area contributed by atoms with Crippen molar-refractivity contribution in [3.05, 3.63) is 85.8 Å². The number of anilines is 1. The van der Waals surface area contributed by atoms with E-state index in [-0.39, 0.29) is 17.2 Å². The average molecular weight is 610 g/mol. The molecule has 3 heterocycles. The highest BCUT2D eigenvalue weighted by atomic mass is 35.5. The normalized spacial score (nSPS) is 19.6. The number of carbonyl (C=O) groups is 4. The second-order valence-corrected chi connectivity index (χ2v) is 12.1. The van der Waals surface area contributed by atoms with E-state index in [4.69, 9.17) is 16.3 Å². The first-order valence-electron chi connectivity index (χ1n) is 12.4. The van der Waals surface area contributed by atoms with Gasteiger partial charge >= 0.3 is 10.8 Å². The van der Waals surface area contributed by atoms with E-state index >= 15 is 0 Å². The number of fused-ring (bicyclic) bond motifs is 3. The second kappa shape index (κ2) is 10.7. The summed E-state index contributed by atoms with van der Waals surface area (Å²) in [4.78, 5) is 66.9. The lowest BCUT2D eigenvalue weighted by Crippen LogP contribution is -2.36. The number of hydrogen-bond acceptors (Lipinski definition) is 8. The Labute approximate surface area is 245 Å². The molecule has 0 spiro atoms. The van der Waals surface area contributed by atoms with Crippen molar-refractivity contribution in [2.75, 3.05) is 18.5 Å². The zero-order valence-corrected chi connectivity index (χ0v) is 23.3. The van der Waals surface area contributed by atoms with Gasteiger partial charge in [-0.05, 0) is 29.7 Å². The largest absolute Gasteiger partial charge is 0.483 e. The van der Waals surface area contributed by atoms with E-state index < -0.39 is 47.3 Å². The molecule has 0 unspecified atom stereocenters. The van der Waals surface area contributed by atoms with E-state index in [1.165, 1.54) is 0 Å². The maximum absolute atomic E-state index is 13.5. The van der Waals surface area contributed by atoms with E-state index in [1.807, 2.05) is 36.4 Å². The number of amides is 3. The molecule has 3 amide bonds. The molecular formula is C28H20ClN3O7S2. The number of thioether (sulfide) groups is 1. The van der Waals surface area contributed by atoms with Crippen molar-refractivity contribution in [1.82, 2.24) is 9.88 Å². The fourth-order valence-corrected chi connectivity index (χ4v) is 7.97. The highest BCUT2D eigenvalue weighted by molar-refractivity contribution is 8.00. The fraction of sp³-hybridized carbons (Fsp3) is 0.179.